The van der Waals surface area contributed by atoms with Crippen molar-refractivity contribution in [1.82, 2.24) is 9.97 Å². The first-order chi connectivity index (χ1) is 10.5. The highest BCUT2D eigenvalue weighted by Gasteiger charge is 2.19. The van der Waals surface area contributed by atoms with Crippen LogP contribution in [0, 0.1) is 5.82 Å². The van der Waals surface area contributed by atoms with Gasteiger partial charge in [-0.1, -0.05) is 35.3 Å². The lowest BCUT2D eigenvalue weighted by Gasteiger charge is -2.13. The Bertz CT molecular complexity index is 886. The maximum Gasteiger partial charge on any atom is 0.167 e. The van der Waals surface area contributed by atoms with Crippen molar-refractivity contribution in [2.75, 3.05) is 12.8 Å². The topological polar surface area (TPSA) is 61.0 Å². The number of nitrogen functional groups attached to an aromatic ring is 1. The molecule has 0 spiro atoms. The lowest BCUT2D eigenvalue weighted by atomic mass is 10.0. The quantitative estimate of drug-likeness (QED) is 0.755. The largest absolute Gasteiger partial charge is 0.493 e. The Labute approximate surface area is 135 Å². The molecule has 1 aromatic heterocycles. The van der Waals surface area contributed by atoms with Gasteiger partial charge in [0.25, 0.3) is 0 Å². The van der Waals surface area contributed by atoms with Crippen molar-refractivity contribution in [3.63, 3.8) is 0 Å². The van der Waals surface area contributed by atoms with Crippen molar-refractivity contribution in [3.05, 3.63) is 46.5 Å². The highest BCUT2D eigenvalue weighted by molar-refractivity contribution is 6.44. The molecule has 0 aliphatic rings. The first-order valence-electron chi connectivity index (χ1n) is 6.25. The van der Waals surface area contributed by atoms with Crippen molar-refractivity contribution >= 4 is 39.9 Å². The van der Waals surface area contributed by atoms with Crippen LogP contribution in [0.4, 0.5) is 10.2 Å². The van der Waals surface area contributed by atoms with Gasteiger partial charge in [-0.2, -0.15) is 0 Å². The molecule has 0 aliphatic carbocycles. The normalized spacial score (nSPS) is 10.9. The van der Waals surface area contributed by atoms with Gasteiger partial charge < -0.3 is 10.5 Å². The number of rotatable bonds is 2. The van der Waals surface area contributed by atoms with Gasteiger partial charge in [-0.05, 0) is 12.1 Å². The molecule has 0 aliphatic heterocycles. The SMILES string of the molecule is COc1c(F)cc(-c2cccc(Cl)c2Cl)c2ncnc(N)c12. The average molecular weight is 338 g/mol. The first-order valence-corrected chi connectivity index (χ1v) is 7.01. The summed E-state index contributed by atoms with van der Waals surface area (Å²) in [5.74, 6) is -0.460. The van der Waals surface area contributed by atoms with Crippen LogP contribution in [-0.4, -0.2) is 17.1 Å². The molecule has 4 nitrogen and oxygen atoms in total. The molecular weight excluding hydrogens is 328 g/mol. The Hall–Kier alpha value is -2.11. The third-order valence-corrected chi connectivity index (χ3v) is 4.11. The Morgan fingerprint density at radius 1 is 1.18 bits per heavy atom. The molecule has 3 rings (SSSR count). The van der Waals surface area contributed by atoms with Crippen molar-refractivity contribution in [2.45, 2.75) is 0 Å². The van der Waals surface area contributed by atoms with E-state index in [2.05, 4.69) is 9.97 Å². The molecule has 2 aromatic carbocycles. The van der Waals surface area contributed by atoms with Crippen LogP contribution in [0.1, 0.15) is 0 Å². The van der Waals surface area contributed by atoms with Crippen LogP contribution >= 0.6 is 23.2 Å². The molecule has 7 heteroatoms. The number of benzene rings is 2. The number of halogens is 3. The molecular formula is C15H10Cl2FN3O. The summed E-state index contributed by atoms with van der Waals surface area (Å²) in [6, 6.07) is 6.40. The summed E-state index contributed by atoms with van der Waals surface area (Å²) in [6.45, 7) is 0. The smallest absolute Gasteiger partial charge is 0.167 e. The highest BCUT2D eigenvalue weighted by atomic mass is 35.5. The van der Waals surface area contributed by atoms with Gasteiger partial charge in [0.2, 0.25) is 0 Å². The van der Waals surface area contributed by atoms with Crippen LogP contribution in [0.3, 0.4) is 0 Å². The molecule has 0 radical (unpaired) electrons. The van der Waals surface area contributed by atoms with E-state index in [4.69, 9.17) is 33.7 Å². The maximum atomic E-state index is 14.4. The number of nitrogens with zero attached hydrogens (tertiary/aromatic N) is 2. The zero-order chi connectivity index (χ0) is 15.9. The van der Waals surface area contributed by atoms with Gasteiger partial charge in [0.15, 0.2) is 11.6 Å². The monoisotopic (exact) mass is 337 g/mol. The molecule has 0 saturated heterocycles. The summed E-state index contributed by atoms with van der Waals surface area (Å²) < 4.78 is 19.5. The summed E-state index contributed by atoms with van der Waals surface area (Å²) in [7, 11) is 1.36. The van der Waals surface area contributed by atoms with Crippen LogP contribution in [0.2, 0.25) is 10.0 Å². The Morgan fingerprint density at radius 3 is 2.68 bits per heavy atom. The molecule has 3 aromatic rings. The summed E-state index contributed by atoms with van der Waals surface area (Å²) in [6.07, 6.45) is 1.30. The Balaban J connectivity index is 2.46. The minimum atomic E-state index is -0.581. The second kappa shape index (κ2) is 5.59. The number of aromatic nitrogens is 2. The van der Waals surface area contributed by atoms with E-state index < -0.39 is 5.82 Å². The molecule has 0 bridgehead atoms. The van der Waals surface area contributed by atoms with E-state index in [-0.39, 0.29) is 11.6 Å². The number of hydrogen-bond donors (Lipinski definition) is 1. The van der Waals surface area contributed by atoms with E-state index in [1.54, 1.807) is 18.2 Å². The van der Waals surface area contributed by atoms with E-state index in [9.17, 15) is 4.39 Å². The summed E-state index contributed by atoms with van der Waals surface area (Å²) in [4.78, 5) is 8.09. The predicted molar refractivity (Wildman–Crippen MR) is 85.9 cm³/mol. The zero-order valence-corrected chi connectivity index (χ0v) is 12.9. The minimum Gasteiger partial charge on any atom is -0.493 e. The lowest BCUT2D eigenvalue weighted by Crippen LogP contribution is -2.00. The summed E-state index contributed by atoms with van der Waals surface area (Å²) in [5.41, 5.74) is 7.32. The molecule has 0 unspecified atom stereocenters. The van der Waals surface area contributed by atoms with E-state index in [0.717, 1.165) is 0 Å². The van der Waals surface area contributed by atoms with Gasteiger partial charge in [-0.3, -0.25) is 0 Å². The van der Waals surface area contributed by atoms with E-state index in [1.807, 2.05) is 0 Å². The van der Waals surface area contributed by atoms with Gasteiger partial charge in [0.05, 0.1) is 28.1 Å². The third kappa shape index (κ3) is 2.23. The predicted octanol–water partition coefficient (Wildman–Crippen LogP) is 4.33. The van der Waals surface area contributed by atoms with Crippen molar-refractivity contribution < 1.29 is 9.13 Å². The highest BCUT2D eigenvalue weighted by Crippen LogP contribution is 2.41. The van der Waals surface area contributed by atoms with Gasteiger partial charge in [-0.25, -0.2) is 14.4 Å². The number of ether oxygens (including phenoxy) is 1. The second-order valence-corrected chi connectivity index (χ2v) is 5.31. The van der Waals surface area contributed by atoms with Crippen LogP contribution < -0.4 is 10.5 Å². The van der Waals surface area contributed by atoms with Crippen LogP contribution in [0.25, 0.3) is 22.0 Å². The average Bonchev–Trinajstić information content (AvgIpc) is 2.50. The van der Waals surface area contributed by atoms with Crippen LogP contribution in [0.5, 0.6) is 5.75 Å². The Kier molecular flexibility index (Phi) is 3.76. The summed E-state index contributed by atoms with van der Waals surface area (Å²) >= 11 is 12.3. The van der Waals surface area contributed by atoms with Crippen molar-refractivity contribution in [1.29, 1.82) is 0 Å². The van der Waals surface area contributed by atoms with E-state index >= 15 is 0 Å². The number of hydrogen-bond acceptors (Lipinski definition) is 4. The number of nitrogens with two attached hydrogens (primary N) is 1. The van der Waals surface area contributed by atoms with E-state index in [1.165, 1.54) is 19.5 Å². The van der Waals surface area contributed by atoms with Crippen LogP contribution in [-0.2, 0) is 0 Å². The fraction of sp³-hybridized carbons (Fsp3) is 0.0667. The minimum absolute atomic E-state index is 0.00463. The maximum absolute atomic E-state index is 14.4. The molecule has 1 heterocycles. The third-order valence-electron chi connectivity index (χ3n) is 3.29. The van der Waals surface area contributed by atoms with Gasteiger partial charge in [-0.15, -0.1) is 0 Å². The Morgan fingerprint density at radius 2 is 1.95 bits per heavy atom. The van der Waals surface area contributed by atoms with Crippen molar-refractivity contribution in [3.8, 4) is 16.9 Å². The molecule has 22 heavy (non-hydrogen) atoms. The standard InChI is InChI=1S/C15H10Cl2FN3O/c1-22-14-10(18)5-8(7-3-2-4-9(16)12(7)17)13-11(14)15(19)21-6-20-13/h2-6H,1H3,(H2,19,20,21). The fourth-order valence-corrected chi connectivity index (χ4v) is 2.73. The molecule has 0 fully saturated rings. The summed E-state index contributed by atoms with van der Waals surface area (Å²) in [5, 5.41) is 0.980. The van der Waals surface area contributed by atoms with Crippen molar-refractivity contribution in [2.24, 2.45) is 0 Å². The van der Waals surface area contributed by atoms with Gasteiger partial charge >= 0.3 is 0 Å². The second-order valence-electron chi connectivity index (χ2n) is 4.52. The number of anilines is 1. The number of methoxy groups -OCH3 is 1. The molecule has 112 valence electrons. The molecule has 0 amide bonds. The molecule has 0 atom stereocenters. The van der Waals surface area contributed by atoms with Gasteiger partial charge in [0, 0.05) is 11.1 Å². The lowest BCUT2D eigenvalue weighted by molar-refractivity contribution is 0.392. The fourth-order valence-electron chi connectivity index (χ4n) is 2.32. The van der Waals surface area contributed by atoms with Crippen LogP contribution in [0.15, 0.2) is 30.6 Å². The van der Waals surface area contributed by atoms with E-state index in [0.29, 0.717) is 32.1 Å². The zero-order valence-electron chi connectivity index (χ0n) is 11.4. The first kappa shape index (κ1) is 14.8. The number of fused-ring (bicyclic) bond motifs is 1. The van der Waals surface area contributed by atoms with Gasteiger partial charge in [0.1, 0.15) is 12.1 Å². The molecule has 0 saturated carbocycles. The molecule has 2 N–H and O–H groups in total.